The second kappa shape index (κ2) is 3.80. The number of amides is 1. The maximum absolute atomic E-state index is 11.5. The van der Waals surface area contributed by atoms with Gasteiger partial charge in [0.1, 0.15) is 11.5 Å². The normalized spacial score (nSPS) is 19.3. The standard InChI is InChI=1S/C9H8N2O2S2/c1-5-2-3-6(13-5)4-7-8(12)11(10)9(14)15-7/h2-4H,10H2,1H3/b7-4+. The van der Waals surface area contributed by atoms with Crippen molar-refractivity contribution < 1.29 is 9.21 Å². The van der Waals surface area contributed by atoms with Gasteiger partial charge in [-0.05, 0) is 19.1 Å². The Labute approximate surface area is 96.1 Å². The van der Waals surface area contributed by atoms with E-state index in [0.29, 0.717) is 15.0 Å². The van der Waals surface area contributed by atoms with Crippen LogP contribution in [0.1, 0.15) is 11.5 Å². The van der Waals surface area contributed by atoms with Crippen molar-refractivity contribution in [3.8, 4) is 0 Å². The monoisotopic (exact) mass is 240 g/mol. The molecule has 1 amide bonds. The molecule has 0 spiro atoms. The van der Waals surface area contributed by atoms with Gasteiger partial charge in [0.2, 0.25) is 0 Å². The highest BCUT2D eigenvalue weighted by Gasteiger charge is 2.29. The number of hydrogen-bond donors (Lipinski definition) is 1. The van der Waals surface area contributed by atoms with Crippen molar-refractivity contribution in [3.05, 3.63) is 28.6 Å². The van der Waals surface area contributed by atoms with Crippen molar-refractivity contribution in [1.29, 1.82) is 0 Å². The van der Waals surface area contributed by atoms with Crippen LogP contribution in [0.2, 0.25) is 0 Å². The Morgan fingerprint density at radius 2 is 2.33 bits per heavy atom. The Morgan fingerprint density at radius 3 is 2.80 bits per heavy atom. The van der Waals surface area contributed by atoms with Gasteiger partial charge in [-0.25, -0.2) is 10.9 Å². The Bertz CT molecular complexity index is 464. The smallest absolute Gasteiger partial charge is 0.280 e. The number of hydrogen-bond acceptors (Lipinski definition) is 5. The van der Waals surface area contributed by atoms with E-state index in [0.717, 1.165) is 10.8 Å². The van der Waals surface area contributed by atoms with Crippen molar-refractivity contribution in [1.82, 2.24) is 5.01 Å². The van der Waals surface area contributed by atoms with E-state index < -0.39 is 0 Å². The molecule has 1 saturated heterocycles. The van der Waals surface area contributed by atoms with Gasteiger partial charge in [0.05, 0.1) is 4.91 Å². The van der Waals surface area contributed by atoms with Crippen molar-refractivity contribution in [2.75, 3.05) is 0 Å². The highest BCUT2D eigenvalue weighted by molar-refractivity contribution is 8.26. The second-order valence-corrected chi connectivity index (χ2v) is 4.68. The summed E-state index contributed by atoms with van der Waals surface area (Å²) in [6.07, 6.45) is 1.64. The molecule has 4 nitrogen and oxygen atoms in total. The van der Waals surface area contributed by atoms with Gasteiger partial charge in [-0.2, -0.15) is 0 Å². The topological polar surface area (TPSA) is 59.5 Å². The van der Waals surface area contributed by atoms with Crippen LogP contribution in [0.25, 0.3) is 6.08 Å². The van der Waals surface area contributed by atoms with Gasteiger partial charge in [-0.1, -0.05) is 24.0 Å². The first-order valence-electron chi connectivity index (χ1n) is 4.17. The molecular formula is C9H8N2O2S2. The van der Waals surface area contributed by atoms with E-state index in [9.17, 15) is 4.79 Å². The lowest BCUT2D eigenvalue weighted by Gasteiger charge is -2.02. The molecule has 2 rings (SSSR count). The number of nitrogens with two attached hydrogens (primary N) is 1. The lowest BCUT2D eigenvalue weighted by Crippen LogP contribution is -2.34. The highest BCUT2D eigenvalue weighted by Crippen LogP contribution is 2.30. The van der Waals surface area contributed by atoms with Gasteiger partial charge in [0.25, 0.3) is 5.91 Å². The lowest BCUT2D eigenvalue weighted by atomic mass is 10.4. The minimum atomic E-state index is -0.293. The summed E-state index contributed by atoms with van der Waals surface area (Å²) >= 11 is 6.06. The Balaban J connectivity index is 2.29. The quantitative estimate of drug-likeness (QED) is 0.350. The number of thioether (sulfide) groups is 1. The Morgan fingerprint density at radius 1 is 1.60 bits per heavy atom. The van der Waals surface area contributed by atoms with Crippen LogP contribution >= 0.6 is 24.0 Å². The summed E-state index contributed by atoms with van der Waals surface area (Å²) in [6.45, 7) is 1.84. The molecule has 1 aliphatic rings. The van der Waals surface area contributed by atoms with Gasteiger partial charge in [-0.3, -0.25) is 4.79 Å². The lowest BCUT2D eigenvalue weighted by molar-refractivity contribution is -0.122. The Hall–Kier alpha value is -1.11. The molecule has 2 heterocycles. The van der Waals surface area contributed by atoms with Crippen LogP contribution in [0, 0.1) is 6.92 Å². The largest absolute Gasteiger partial charge is 0.462 e. The van der Waals surface area contributed by atoms with E-state index in [1.165, 1.54) is 11.8 Å². The first-order valence-corrected chi connectivity index (χ1v) is 5.39. The summed E-state index contributed by atoms with van der Waals surface area (Å²) in [6, 6.07) is 3.62. The second-order valence-electron chi connectivity index (χ2n) is 3.00. The van der Waals surface area contributed by atoms with Crippen molar-refractivity contribution >= 4 is 40.3 Å². The van der Waals surface area contributed by atoms with E-state index >= 15 is 0 Å². The average Bonchev–Trinajstić information content (AvgIpc) is 2.68. The third-order valence-electron chi connectivity index (χ3n) is 1.86. The zero-order chi connectivity index (χ0) is 11.0. The third kappa shape index (κ3) is 1.97. The molecular weight excluding hydrogens is 232 g/mol. The van der Waals surface area contributed by atoms with E-state index in [2.05, 4.69) is 0 Å². The number of carbonyl (C=O) groups excluding carboxylic acids is 1. The fraction of sp³-hybridized carbons (Fsp3) is 0.111. The molecule has 0 unspecified atom stereocenters. The highest BCUT2D eigenvalue weighted by atomic mass is 32.2. The van der Waals surface area contributed by atoms with E-state index in [1.54, 1.807) is 12.1 Å². The molecule has 0 saturated carbocycles. The van der Waals surface area contributed by atoms with Gasteiger partial charge in [0, 0.05) is 6.08 Å². The summed E-state index contributed by atoms with van der Waals surface area (Å²) < 4.78 is 5.68. The zero-order valence-corrected chi connectivity index (χ0v) is 9.52. The number of rotatable bonds is 1. The van der Waals surface area contributed by atoms with Crippen LogP contribution < -0.4 is 5.84 Å². The molecule has 6 heteroatoms. The molecule has 0 aliphatic carbocycles. The number of hydrazine groups is 1. The molecule has 1 aliphatic heterocycles. The number of furan rings is 1. The minimum Gasteiger partial charge on any atom is -0.462 e. The first kappa shape index (κ1) is 10.4. The van der Waals surface area contributed by atoms with E-state index in [1.807, 2.05) is 13.0 Å². The summed E-state index contributed by atoms with van der Waals surface area (Å²) in [5.74, 6) is 6.55. The maximum atomic E-state index is 11.5. The van der Waals surface area contributed by atoms with E-state index in [-0.39, 0.29) is 5.91 Å². The number of aryl methyl sites for hydroxylation is 1. The summed E-state index contributed by atoms with van der Waals surface area (Å²) in [5.41, 5.74) is 0. The van der Waals surface area contributed by atoms with Gasteiger partial charge < -0.3 is 4.42 Å². The SMILES string of the molecule is Cc1ccc(/C=C2/SC(=S)N(N)C2=O)o1. The summed E-state index contributed by atoms with van der Waals surface area (Å²) in [5, 5.41) is 0.960. The fourth-order valence-corrected chi connectivity index (χ4v) is 2.22. The van der Waals surface area contributed by atoms with Gasteiger partial charge in [-0.15, -0.1) is 0 Å². The van der Waals surface area contributed by atoms with Crippen LogP contribution in [0.3, 0.4) is 0 Å². The van der Waals surface area contributed by atoms with Crippen LogP contribution in [-0.2, 0) is 4.79 Å². The van der Waals surface area contributed by atoms with Crippen molar-refractivity contribution in [2.24, 2.45) is 5.84 Å². The number of carbonyl (C=O) groups is 1. The predicted octanol–water partition coefficient (Wildman–Crippen LogP) is 1.66. The molecule has 1 aromatic heterocycles. The van der Waals surface area contributed by atoms with E-state index in [4.69, 9.17) is 22.5 Å². The Kier molecular flexibility index (Phi) is 2.64. The predicted molar refractivity (Wildman–Crippen MR) is 62.6 cm³/mol. The molecule has 2 N–H and O–H groups in total. The van der Waals surface area contributed by atoms with Gasteiger partial charge in [0.15, 0.2) is 4.32 Å². The molecule has 0 bridgehead atoms. The molecule has 15 heavy (non-hydrogen) atoms. The van der Waals surface area contributed by atoms with Crippen molar-refractivity contribution in [3.63, 3.8) is 0 Å². The minimum absolute atomic E-state index is 0.293. The van der Waals surface area contributed by atoms with Gasteiger partial charge >= 0.3 is 0 Å². The molecule has 0 radical (unpaired) electrons. The molecule has 78 valence electrons. The molecule has 0 atom stereocenters. The van der Waals surface area contributed by atoms with Crippen LogP contribution in [0.15, 0.2) is 21.5 Å². The van der Waals surface area contributed by atoms with Crippen LogP contribution in [-0.4, -0.2) is 15.2 Å². The first-order chi connectivity index (χ1) is 7.08. The zero-order valence-electron chi connectivity index (χ0n) is 7.89. The molecule has 1 fully saturated rings. The third-order valence-corrected chi connectivity index (χ3v) is 3.19. The van der Waals surface area contributed by atoms with Crippen LogP contribution in [0.4, 0.5) is 0 Å². The molecule has 1 aromatic rings. The fourth-order valence-electron chi connectivity index (χ4n) is 1.14. The van der Waals surface area contributed by atoms with Crippen molar-refractivity contribution in [2.45, 2.75) is 6.92 Å². The summed E-state index contributed by atoms with van der Waals surface area (Å²) in [4.78, 5) is 12.0. The molecule has 0 aromatic carbocycles. The summed E-state index contributed by atoms with van der Waals surface area (Å²) in [7, 11) is 0. The number of nitrogens with zero attached hydrogens (tertiary/aromatic N) is 1. The van der Waals surface area contributed by atoms with Crippen LogP contribution in [0.5, 0.6) is 0 Å². The average molecular weight is 240 g/mol. The number of thiocarbonyl (C=S) groups is 1. The maximum Gasteiger partial charge on any atom is 0.280 e.